The number of ketones is 1. The van der Waals surface area contributed by atoms with Gasteiger partial charge in [-0.2, -0.15) is 4.31 Å². The highest BCUT2D eigenvalue weighted by Crippen LogP contribution is 2.60. The van der Waals surface area contributed by atoms with Crippen LogP contribution in [0, 0.1) is 0 Å². The highest BCUT2D eigenvalue weighted by molar-refractivity contribution is 9.09. The summed E-state index contributed by atoms with van der Waals surface area (Å²) in [5, 5.41) is 19.9. The lowest BCUT2D eigenvalue weighted by Crippen LogP contribution is -2.37. The third-order valence-corrected chi connectivity index (χ3v) is 6.82. The van der Waals surface area contributed by atoms with E-state index in [1.165, 1.54) is 0 Å². The number of hydrogen-bond acceptors (Lipinski definition) is 11. The van der Waals surface area contributed by atoms with Gasteiger partial charge in [0.05, 0.1) is 11.9 Å². The monoisotopic (exact) mass is 538 g/mol. The van der Waals surface area contributed by atoms with Gasteiger partial charge in [0.15, 0.2) is 12.0 Å². The molecule has 1 aromatic rings. The number of aromatic nitrogens is 2. The lowest BCUT2D eigenvalue weighted by molar-refractivity contribution is -0.118. The number of hydrogen-bond donors (Lipinski definition) is 5. The Morgan fingerprint density at radius 2 is 1.83 bits per heavy atom. The summed E-state index contributed by atoms with van der Waals surface area (Å²) in [6, 6.07) is 0.961. The first-order valence-electron chi connectivity index (χ1n) is 7.92. The van der Waals surface area contributed by atoms with Crippen LogP contribution in [0.4, 0.5) is 0 Å². The number of aliphatic hydroxyl groups is 2. The smallest absolute Gasteiger partial charge is 0.387 e. The van der Waals surface area contributed by atoms with E-state index in [0.717, 1.165) is 16.8 Å². The van der Waals surface area contributed by atoms with Crippen LogP contribution in [-0.2, 0) is 32.0 Å². The molecule has 1 aromatic heterocycles. The zero-order valence-electron chi connectivity index (χ0n) is 14.8. The van der Waals surface area contributed by atoms with Gasteiger partial charge in [0.25, 0.3) is 5.56 Å². The molecule has 1 saturated heterocycles. The number of aromatic amines is 1. The van der Waals surface area contributed by atoms with Gasteiger partial charge in [0, 0.05) is 12.3 Å². The SMILES string of the molecule is O=C(CBr)COP(=O)(O)OP(=O)(O)OC[C@H]1O[C@@H](n2ccc(=O)[nH]c2=O)[C@H](O)[C@@H]1O. The average Bonchev–Trinajstić information content (AvgIpc) is 2.92. The van der Waals surface area contributed by atoms with Gasteiger partial charge >= 0.3 is 21.3 Å². The number of nitrogens with zero attached hydrogens (tertiary/aromatic N) is 1. The molecule has 2 heterocycles. The topological polar surface area (TPSA) is 224 Å². The predicted octanol–water partition coefficient (Wildman–Crippen LogP) is -1.63. The summed E-state index contributed by atoms with van der Waals surface area (Å²) in [7, 11) is -10.4. The average molecular weight is 539 g/mol. The van der Waals surface area contributed by atoms with E-state index in [-0.39, 0.29) is 5.33 Å². The van der Waals surface area contributed by atoms with E-state index in [9.17, 15) is 43.5 Å². The van der Waals surface area contributed by atoms with E-state index >= 15 is 0 Å². The zero-order valence-corrected chi connectivity index (χ0v) is 18.1. The number of carbonyl (C=O) groups excluding carboxylic acids is 1. The summed E-state index contributed by atoms with van der Waals surface area (Å²) in [6.45, 7) is -1.80. The molecule has 2 rings (SSSR count). The van der Waals surface area contributed by atoms with Crippen LogP contribution in [0.3, 0.4) is 0 Å². The van der Waals surface area contributed by atoms with Crippen molar-refractivity contribution in [2.45, 2.75) is 24.5 Å². The minimum absolute atomic E-state index is 0.195. The molecular weight excluding hydrogens is 522 g/mol. The van der Waals surface area contributed by atoms with Crippen molar-refractivity contribution >= 4 is 37.4 Å². The number of alkyl halides is 1. The Bertz CT molecular complexity index is 979. The Labute approximate surface area is 175 Å². The van der Waals surface area contributed by atoms with E-state index in [4.69, 9.17) is 4.74 Å². The molecule has 30 heavy (non-hydrogen) atoms. The molecule has 15 nitrogen and oxygen atoms in total. The molecule has 2 unspecified atom stereocenters. The summed E-state index contributed by atoms with van der Waals surface area (Å²) in [4.78, 5) is 54.8. The molecule has 0 saturated carbocycles. The predicted molar refractivity (Wildman–Crippen MR) is 98.7 cm³/mol. The van der Waals surface area contributed by atoms with Gasteiger partial charge in [-0.05, 0) is 0 Å². The number of carbonyl (C=O) groups is 1. The number of rotatable bonds is 10. The molecule has 170 valence electrons. The van der Waals surface area contributed by atoms with Gasteiger partial charge in [-0.3, -0.25) is 28.2 Å². The third kappa shape index (κ3) is 6.73. The second-order valence-corrected chi connectivity index (χ2v) is 9.43. The van der Waals surface area contributed by atoms with Crippen LogP contribution in [0.15, 0.2) is 21.9 Å². The van der Waals surface area contributed by atoms with E-state index in [1.54, 1.807) is 0 Å². The first-order valence-corrected chi connectivity index (χ1v) is 12.0. The first-order chi connectivity index (χ1) is 13.8. The fourth-order valence-electron chi connectivity index (χ4n) is 2.26. The summed E-state index contributed by atoms with van der Waals surface area (Å²) in [6.07, 6.45) is -5.34. The van der Waals surface area contributed by atoms with Crippen molar-refractivity contribution < 1.29 is 52.0 Å². The quantitative estimate of drug-likeness (QED) is 0.167. The molecule has 0 aromatic carbocycles. The van der Waals surface area contributed by atoms with Crippen molar-refractivity contribution in [2.75, 3.05) is 18.5 Å². The van der Waals surface area contributed by atoms with Crippen LogP contribution in [0.1, 0.15) is 6.23 Å². The van der Waals surface area contributed by atoms with Gasteiger partial charge < -0.3 is 24.7 Å². The molecule has 0 spiro atoms. The van der Waals surface area contributed by atoms with Crippen LogP contribution in [0.2, 0.25) is 0 Å². The van der Waals surface area contributed by atoms with Crippen LogP contribution in [-0.4, -0.2) is 72.2 Å². The molecule has 0 amide bonds. The normalized spacial score (nSPS) is 28.0. The number of nitrogens with one attached hydrogen (secondary N) is 1. The van der Waals surface area contributed by atoms with E-state index in [2.05, 4.69) is 29.3 Å². The molecule has 1 aliphatic rings. The van der Waals surface area contributed by atoms with E-state index < -0.39 is 70.4 Å². The van der Waals surface area contributed by atoms with Crippen molar-refractivity contribution in [3.05, 3.63) is 33.1 Å². The Morgan fingerprint density at radius 1 is 1.20 bits per heavy atom. The summed E-state index contributed by atoms with van der Waals surface area (Å²) in [5.41, 5.74) is -1.66. The first kappa shape index (κ1) is 25.2. The van der Waals surface area contributed by atoms with Gasteiger partial charge in [-0.1, -0.05) is 15.9 Å². The molecule has 6 atom stereocenters. The third-order valence-electron chi connectivity index (χ3n) is 3.61. The van der Waals surface area contributed by atoms with Crippen molar-refractivity contribution in [2.24, 2.45) is 0 Å². The number of ether oxygens (including phenoxy) is 1. The molecule has 1 fully saturated rings. The molecule has 0 radical (unpaired) electrons. The lowest BCUT2D eigenvalue weighted by Gasteiger charge is -2.19. The largest absolute Gasteiger partial charge is 0.481 e. The summed E-state index contributed by atoms with van der Waals surface area (Å²) >= 11 is 2.78. The standard InChI is InChI=1S/C12H17BrN2O13P2/c13-3-6(16)4-25-29(21,22)28-30(23,24)26-5-7-9(18)10(19)11(27-7)15-2-1-8(17)14-12(15)20/h1-2,7,9-11,18-19H,3-5H2,(H,21,22)(H,23,24)(H,14,17,20)/t7-,9-,10-,11-/m1/s1. The van der Waals surface area contributed by atoms with E-state index in [0.29, 0.717) is 0 Å². The summed E-state index contributed by atoms with van der Waals surface area (Å²) < 4.78 is 42.2. The Hall–Kier alpha value is -1.03. The Morgan fingerprint density at radius 3 is 2.43 bits per heavy atom. The number of halogens is 1. The van der Waals surface area contributed by atoms with Crippen molar-refractivity contribution in [1.29, 1.82) is 0 Å². The highest BCUT2D eigenvalue weighted by Gasteiger charge is 2.46. The fraction of sp³-hybridized carbons (Fsp3) is 0.583. The molecular formula is C12H17BrN2O13P2. The molecule has 5 N–H and O–H groups in total. The number of H-pyrrole nitrogens is 1. The van der Waals surface area contributed by atoms with Crippen LogP contribution < -0.4 is 11.2 Å². The second-order valence-electron chi connectivity index (χ2n) is 5.82. The number of aliphatic hydroxyl groups excluding tert-OH is 2. The molecule has 0 bridgehead atoms. The number of phosphoric acid groups is 2. The number of Topliss-reactive ketones (excluding diaryl/α,β-unsaturated/α-hetero) is 1. The maximum Gasteiger partial charge on any atom is 0.481 e. The maximum absolute atomic E-state index is 11.8. The Kier molecular flexibility index (Phi) is 8.46. The highest BCUT2D eigenvalue weighted by atomic mass is 79.9. The van der Waals surface area contributed by atoms with Crippen molar-refractivity contribution in [3.63, 3.8) is 0 Å². The van der Waals surface area contributed by atoms with Gasteiger partial charge in [0.2, 0.25) is 0 Å². The van der Waals surface area contributed by atoms with E-state index in [1.807, 2.05) is 4.98 Å². The minimum Gasteiger partial charge on any atom is -0.387 e. The van der Waals surface area contributed by atoms with Gasteiger partial charge in [-0.25, -0.2) is 13.9 Å². The van der Waals surface area contributed by atoms with Gasteiger partial charge in [0.1, 0.15) is 24.9 Å². The second kappa shape index (κ2) is 10.1. The van der Waals surface area contributed by atoms with Crippen LogP contribution in [0.25, 0.3) is 0 Å². The molecule has 0 aliphatic carbocycles. The van der Waals surface area contributed by atoms with Gasteiger partial charge in [-0.15, -0.1) is 0 Å². The fourth-order valence-corrected chi connectivity index (χ4v) is 4.49. The Balaban J connectivity index is 2.00. The van der Waals surface area contributed by atoms with Crippen molar-refractivity contribution in [3.8, 4) is 0 Å². The maximum atomic E-state index is 11.8. The summed E-state index contributed by atoms with van der Waals surface area (Å²) in [5.74, 6) is -0.651. The lowest BCUT2D eigenvalue weighted by atomic mass is 10.1. The van der Waals surface area contributed by atoms with Crippen molar-refractivity contribution in [1.82, 2.24) is 9.55 Å². The number of phosphoric ester groups is 2. The minimum atomic E-state index is -5.24. The van der Waals surface area contributed by atoms with Crippen LogP contribution in [0.5, 0.6) is 0 Å². The molecule has 18 heteroatoms. The molecule has 1 aliphatic heterocycles. The zero-order chi connectivity index (χ0) is 22.7. The van der Waals surface area contributed by atoms with Crippen LogP contribution >= 0.6 is 31.6 Å².